The zero-order chi connectivity index (χ0) is 59.6. The molecule has 0 fully saturated rings. The van der Waals surface area contributed by atoms with Crippen molar-refractivity contribution in [1.29, 1.82) is 0 Å². The molecule has 11 aromatic rings. The first-order valence-corrected chi connectivity index (χ1v) is 29.8. The second-order valence-corrected chi connectivity index (χ2v) is 27.0. The van der Waals surface area contributed by atoms with Crippen LogP contribution in [0.1, 0.15) is 129 Å². The number of hydrogen-bond donors (Lipinski definition) is 0. The van der Waals surface area contributed by atoms with Crippen LogP contribution < -0.4 is 14.5 Å². The minimum atomic E-state index is -0.595. The molecule has 0 amide bonds. The van der Waals surface area contributed by atoms with Crippen LogP contribution in [0.4, 0.5) is 11.4 Å². The van der Waals surface area contributed by atoms with Crippen LogP contribution in [0.5, 0.6) is 11.5 Å². The molecule has 0 saturated carbocycles. The Hall–Kier alpha value is -9.14. The maximum absolute atomic E-state index is 7.39. The van der Waals surface area contributed by atoms with Crippen molar-refractivity contribution in [1.82, 2.24) is 24.5 Å². The number of rotatable bonds is 12. The molecule has 0 radical (unpaired) electrons. The number of para-hydroxylation sites is 1. The molecule has 8 nitrogen and oxygen atoms in total. The van der Waals surface area contributed by atoms with Crippen LogP contribution in [-0.2, 0) is 27.1 Å². The lowest BCUT2D eigenvalue weighted by molar-refractivity contribution is 0.484. The van der Waals surface area contributed by atoms with Crippen LogP contribution in [0.25, 0.3) is 61.3 Å². The molecule has 3 aromatic heterocycles. The van der Waals surface area contributed by atoms with Crippen molar-refractivity contribution in [3.05, 3.63) is 258 Å². The van der Waals surface area contributed by atoms with Gasteiger partial charge in [-0.1, -0.05) is 208 Å². The maximum atomic E-state index is 7.39. The third kappa shape index (κ3) is 10.9. The highest BCUT2D eigenvalue weighted by Crippen LogP contribution is 2.46. The molecule has 426 valence electrons. The van der Waals surface area contributed by atoms with E-state index in [1.165, 1.54) is 38.9 Å². The lowest BCUT2D eigenvalue weighted by atomic mass is 9.82. The third-order valence-electron chi connectivity index (χ3n) is 17.2. The van der Waals surface area contributed by atoms with Gasteiger partial charge in [0.25, 0.3) is 0 Å². The molecule has 0 spiro atoms. The SMILES string of the molecule is CC(C)(C)c1ccc(-c2cccc(-c3ccc(C(C)(C)C)cc3)c2N2C=CN(c3cccc(Oc4cc5c(cc4-c4nc(C(C)(C)c6ccccc6)nc(C(C)(C)c6ccccc6)n4)c4cc(C(C)(C)C)ccc4n5-c4ccccn4)c3)C2)cc1. The molecule has 0 aliphatic carbocycles. The Morgan fingerprint density at radius 3 is 1.46 bits per heavy atom. The maximum Gasteiger partial charge on any atom is 0.167 e. The van der Waals surface area contributed by atoms with Gasteiger partial charge in [-0.25, -0.2) is 19.9 Å². The second-order valence-electron chi connectivity index (χ2n) is 27.0. The number of benzene rings is 8. The Bertz CT molecular complexity index is 4130. The van der Waals surface area contributed by atoms with E-state index in [0.29, 0.717) is 35.6 Å². The third-order valence-corrected chi connectivity index (χ3v) is 17.2. The number of hydrogen-bond acceptors (Lipinski definition) is 7. The van der Waals surface area contributed by atoms with Crippen molar-refractivity contribution in [3.63, 3.8) is 0 Å². The molecule has 0 N–H and O–H groups in total. The Balaban J connectivity index is 1.00. The molecule has 0 unspecified atom stereocenters. The van der Waals surface area contributed by atoms with Crippen LogP contribution in [0.15, 0.2) is 219 Å². The van der Waals surface area contributed by atoms with Crippen molar-refractivity contribution in [2.24, 2.45) is 0 Å². The summed E-state index contributed by atoms with van der Waals surface area (Å²) in [6.07, 6.45) is 6.24. The van der Waals surface area contributed by atoms with E-state index in [-0.39, 0.29) is 16.2 Å². The minimum absolute atomic E-state index is 0.0399. The fraction of sp³-hybridized carbons (Fsp3) is 0.247. The zero-order valence-corrected chi connectivity index (χ0v) is 51.5. The summed E-state index contributed by atoms with van der Waals surface area (Å²) in [5.74, 6) is 3.94. The van der Waals surface area contributed by atoms with E-state index < -0.39 is 10.8 Å². The fourth-order valence-corrected chi connectivity index (χ4v) is 11.7. The first kappa shape index (κ1) is 56.3. The van der Waals surface area contributed by atoms with Gasteiger partial charge >= 0.3 is 0 Å². The van der Waals surface area contributed by atoms with E-state index in [2.05, 4.69) is 299 Å². The summed E-state index contributed by atoms with van der Waals surface area (Å²) >= 11 is 0. The molecule has 8 aromatic carbocycles. The smallest absolute Gasteiger partial charge is 0.167 e. The predicted octanol–water partition coefficient (Wildman–Crippen LogP) is 19.5. The first-order valence-electron chi connectivity index (χ1n) is 29.8. The molecule has 0 bridgehead atoms. The van der Waals surface area contributed by atoms with Gasteiger partial charge in [0, 0.05) is 69.1 Å². The van der Waals surface area contributed by atoms with Crippen LogP contribution in [0, 0.1) is 0 Å². The minimum Gasteiger partial charge on any atom is -0.456 e. The first-order chi connectivity index (χ1) is 40.5. The average Bonchev–Trinajstić information content (AvgIpc) is 1.76. The van der Waals surface area contributed by atoms with Gasteiger partial charge in [0.15, 0.2) is 5.82 Å². The van der Waals surface area contributed by atoms with E-state index in [1.807, 2.05) is 24.4 Å². The van der Waals surface area contributed by atoms with Gasteiger partial charge in [-0.3, -0.25) is 4.57 Å². The topological polar surface area (TPSA) is 72.2 Å². The molecule has 4 heterocycles. The van der Waals surface area contributed by atoms with E-state index in [4.69, 9.17) is 24.7 Å². The Morgan fingerprint density at radius 2 is 0.918 bits per heavy atom. The number of aromatic nitrogens is 5. The van der Waals surface area contributed by atoms with Gasteiger partial charge < -0.3 is 14.5 Å². The van der Waals surface area contributed by atoms with Crippen molar-refractivity contribution < 1.29 is 4.74 Å². The van der Waals surface area contributed by atoms with E-state index in [9.17, 15) is 0 Å². The summed E-state index contributed by atoms with van der Waals surface area (Å²) < 4.78 is 9.64. The van der Waals surface area contributed by atoms with Gasteiger partial charge in [0.05, 0.1) is 29.0 Å². The Kier molecular flexibility index (Phi) is 14.2. The highest BCUT2D eigenvalue weighted by Gasteiger charge is 2.34. The van der Waals surface area contributed by atoms with Gasteiger partial charge in [0.1, 0.15) is 29.0 Å². The van der Waals surface area contributed by atoms with E-state index in [1.54, 1.807) is 0 Å². The average molecular weight is 1120 g/mol. The molecular weight excluding hydrogens is 1040 g/mol. The number of nitrogens with zero attached hydrogens (tertiary/aromatic N) is 7. The van der Waals surface area contributed by atoms with Crippen molar-refractivity contribution >= 4 is 33.2 Å². The molecule has 12 rings (SSSR count). The molecule has 0 atom stereocenters. The van der Waals surface area contributed by atoms with Crippen LogP contribution in [0.2, 0.25) is 0 Å². The number of anilines is 2. The van der Waals surface area contributed by atoms with Crippen LogP contribution in [0.3, 0.4) is 0 Å². The summed E-state index contributed by atoms with van der Waals surface area (Å²) in [6, 6.07) is 71.7. The van der Waals surface area contributed by atoms with Gasteiger partial charge in [-0.05, 0) is 125 Å². The summed E-state index contributed by atoms with van der Waals surface area (Å²) in [5, 5.41) is 2.14. The number of pyridine rings is 1. The predicted molar refractivity (Wildman–Crippen MR) is 353 cm³/mol. The standard InChI is InChI=1S/C77H77N7O/c1-73(2,3)53-37-33-51(34-38-53)60-30-23-31-61(52-35-39-54(40-36-52)74(4,5)6)69(60)83-45-44-82(50-83)58-28-22-29-59(47-58)85-67-49-66-63(62-46-57(75(7,8)9)41-42-65(62)84(66)68-32-20-21-43-78-68)48-64(67)70-79-71(76(10,11)55-24-16-14-17-25-55)81-72(80-70)77(12,13)56-26-18-15-19-27-56/h14-49H,50H2,1-13H3. The van der Waals surface area contributed by atoms with Crippen LogP contribution in [-0.4, -0.2) is 31.2 Å². The normalized spacial score (nSPS) is 13.3. The summed E-state index contributed by atoms with van der Waals surface area (Å²) in [5.41, 5.74) is 14.4. The second kappa shape index (κ2) is 21.5. The number of fused-ring (bicyclic) bond motifs is 3. The Labute approximate surface area is 502 Å². The molecule has 85 heavy (non-hydrogen) atoms. The van der Waals surface area contributed by atoms with Gasteiger partial charge in [0.2, 0.25) is 0 Å². The van der Waals surface area contributed by atoms with Crippen molar-refractivity contribution in [2.75, 3.05) is 16.5 Å². The van der Waals surface area contributed by atoms with Crippen molar-refractivity contribution in [2.45, 2.75) is 117 Å². The Morgan fingerprint density at radius 1 is 0.400 bits per heavy atom. The lowest BCUT2D eigenvalue weighted by Gasteiger charge is -2.29. The largest absolute Gasteiger partial charge is 0.456 e. The molecule has 8 heteroatoms. The fourth-order valence-electron chi connectivity index (χ4n) is 11.7. The highest BCUT2D eigenvalue weighted by atomic mass is 16.5. The molecular formula is C77H77N7O. The summed E-state index contributed by atoms with van der Waals surface area (Å²) in [6.45, 7) is 29.8. The van der Waals surface area contributed by atoms with Crippen LogP contribution >= 0.6 is 0 Å². The van der Waals surface area contributed by atoms with Gasteiger partial charge in [-0.2, -0.15) is 0 Å². The summed E-state index contributed by atoms with van der Waals surface area (Å²) in [7, 11) is 0. The van der Waals surface area contributed by atoms with E-state index >= 15 is 0 Å². The van der Waals surface area contributed by atoms with Gasteiger partial charge in [-0.15, -0.1) is 0 Å². The quantitative estimate of drug-likeness (QED) is 0.121. The summed E-state index contributed by atoms with van der Waals surface area (Å²) in [4.78, 5) is 26.1. The number of ether oxygens (including phenoxy) is 1. The molecule has 1 aliphatic heterocycles. The lowest BCUT2D eigenvalue weighted by Crippen LogP contribution is -2.29. The molecule has 0 saturated heterocycles. The molecule has 1 aliphatic rings. The van der Waals surface area contributed by atoms with Crippen molar-refractivity contribution in [3.8, 4) is 51.0 Å². The van der Waals surface area contributed by atoms with E-state index in [0.717, 1.165) is 55.7 Å². The highest BCUT2D eigenvalue weighted by molar-refractivity contribution is 6.11. The monoisotopic (exact) mass is 1120 g/mol. The zero-order valence-electron chi connectivity index (χ0n) is 51.5.